The molecule has 23 heavy (non-hydrogen) atoms. The summed E-state index contributed by atoms with van der Waals surface area (Å²) in [4.78, 5) is 16.3. The van der Waals surface area contributed by atoms with Crippen LogP contribution in [0.4, 0.5) is 0 Å². The molecule has 0 unspecified atom stereocenters. The Morgan fingerprint density at radius 3 is 2.22 bits per heavy atom. The van der Waals surface area contributed by atoms with Gasteiger partial charge in [-0.2, -0.15) is 0 Å². The van der Waals surface area contributed by atoms with Gasteiger partial charge in [-0.3, -0.25) is 8.80 Å². The molecule has 0 N–H and O–H groups in total. The van der Waals surface area contributed by atoms with Crippen LogP contribution in [0.25, 0.3) is 11.0 Å². The number of aryl methyl sites for hydroxylation is 2. The minimum Gasteiger partial charge on any atom is -0.300 e. The lowest BCUT2D eigenvalue weighted by Crippen LogP contribution is -1.88. The van der Waals surface area contributed by atoms with Crippen molar-refractivity contribution < 1.29 is 0 Å². The Labute approximate surface area is 155 Å². The summed E-state index contributed by atoms with van der Waals surface area (Å²) in [6.07, 6.45) is 8.73. The lowest BCUT2D eigenvalue weighted by atomic mass is 10.6. The third kappa shape index (κ3) is 3.13. The average Bonchev–Trinajstić information content (AvgIpc) is 3.03. The summed E-state index contributed by atoms with van der Waals surface area (Å²) >= 11 is 13.8. The summed E-state index contributed by atoms with van der Waals surface area (Å²) < 4.78 is 4.72. The first kappa shape index (κ1) is 16.4. The molecule has 0 aliphatic heterocycles. The van der Waals surface area contributed by atoms with Crippen LogP contribution >= 0.6 is 45.8 Å². The van der Waals surface area contributed by atoms with Crippen LogP contribution < -0.4 is 0 Å². The van der Waals surface area contributed by atoms with Crippen LogP contribution in [0.3, 0.4) is 0 Å². The standard InChI is InChI=1S/C7H5ClIN3.C7H6ClN3/c1-4-11-7(9)5-6(8)10-2-3-12(4)5;1-5-10-4-6-7(8)9-2-3-11(5)6/h2-3H,1H3;2-4H,1H3. The molecule has 0 aliphatic rings. The Hall–Kier alpha value is -1.45. The number of rotatable bonds is 0. The van der Waals surface area contributed by atoms with E-state index in [1.54, 1.807) is 18.6 Å². The fourth-order valence-corrected chi connectivity index (χ4v) is 3.59. The minimum atomic E-state index is 0.494. The van der Waals surface area contributed by atoms with Gasteiger partial charge in [0.2, 0.25) is 0 Å². The number of hydrogen-bond acceptors (Lipinski definition) is 4. The molecular weight excluding hydrogens is 450 g/mol. The van der Waals surface area contributed by atoms with Gasteiger partial charge in [-0.15, -0.1) is 0 Å². The van der Waals surface area contributed by atoms with Crippen molar-refractivity contribution in [1.82, 2.24) is 28.7 Å². The SMILES string of the molecule is Cc1nc(I)c2c(Cl)nccn12.Cc1ncc2c(Cl)nccn12. The third-order valence-corrected chi connectivity index (χ3v) is 4.56. The Morgan fingerprint density at radius 1 is 0.913 bits per heavy atom. The molecule has 9 heteroatoms. The fourth-order valence-electron chi connectivity index (χ4n) is 2.13. The van der Waals surface area contributed by atoms with E-state index in [0.717, 1.165) is 26.4 Å². The van der Waals surface area contributed by atoms with Crippen molar-refractivity contribution in [3.05, 3.63) is 56.6 Å². The van der Waals surface area contributed by atoms with E-state index < -0.39 is 0 Å². The highest BCUT2D eigenvalue weighted by Gasteiger charge is 2.08. The molecule has 4 heterocycles. The fraction of sp³-hybridized carbons (Fsp3) is 0.143. The molecule has 118 valence electrons. The summed E-state index contributed by atoms with van der Waals surface area (Å²) in [5.41, 5.74) is 1.74. The van der Waals surface area contributed by atoms with E-state index in [1.165, 1.54) is 0 Å². The molecule has 0 saturated heterocycles. The summed E-state index contributed by atoms with van der Waals surface area (Å²) in [5.74, 6) is 1.85. The number of halogens is 3. The highest BCUT2D eigenvalue weighted by atomic mass is 127. The second-order valence-electron chi connectivity index (χ2n) is 4.67. The van der Waals surface area contributed by atoms with Gasteiger partial charge in [0.05, 0.1) is 6.20 Å². The van der Waals surface area contributed by atoms with Gasteiger partial charge in [0.15, 0.2) is 10.3 Å². The maximum Gasteiger partial charge on any atom is 0.155 e. The molecule has 4 rings (SSSR count). The van der Waals surface area contributed by atoms with Crippen molar-refractivity contribution in [3.8, 4) is 0 Å². The van der Waals surface area contributed by atoms with Gasteiger partial charge in [-0.1, -0.05) is 23.2 Å². The zero-order valence-corrected chi connectivity index (χ0v) is 15.9. The second-order valence-corrected chi connectivity index (χ2v) is 6.40. The normalized spacial score (nSPS) is 10.8. The van der Waals surface area contributed by atoms with E-state index >= 15 is 0 Å². The number of nitrogens with zero attached hydrogens (tertiary/aromatic N) is 6. The number of imidazole rings is 2. The lowest BCUT2D eigenvalue weighted by molar-refractivity contribution is 1.03. The van der Waals surface area contributed by atoms with Gasteiger partial charge in [0.1, 0.15) is 26.4 Å². The topological polar surface area (TPSA) is 60.4 Å². The highest BCUT2D eigenvalue weighted by Crippen LogP contribution is 2.20. The van der Waals surface area contributed by atoms with E-state index in [-0.39, 0.29) is 0 Å². The predicted octanol–water partition coefficient (Wildman–Crippen LogP) is 3.99. The van der Waals surface area contributed by atoms with Gasteiger partial charge >= 0.3 is 0 Å². The second kappa shape index (κ2) is 6.58. The molecule has 0 spiro atoms. The Kier molecular flexibility index (Phi) is 4.69. The number of fused-ring (bicyclic) bond motifs is 2. The van der Waals surface area contributed by atoms with Crippen molar-refractivity contribution in [2.45, 2.75) is 13.8 Å². The van der Waals surface area contributed by atoms with Crippen LogP contribution in [-0.4, -0.2) is 28.7 Å². The minimum absolute atomic E-state index is 0.494. The molecule has 0 amide bonds. The van der Waals surface area contributed by atoms with Crippen molar-refractivity contribution in [3.63, 3.8) is 0 Å². The molecule has 0 bridgehead atoms. The molecule has 0 atom stereocenters. The molecule has 4 aromatic heterocycles. The first-order valence-electron chi connectivity index (χ1n) is 6.58. The molecule has 6 nitrogen and oxygen atoms in total. The molecule has 0 aliphatic carbocycles. The van der Waals surface area contributed by atoms with Gasteiger partial charge in [-0.25, -0.2) is 19.9 Å². The predicted molar refractivity (Wildman–Crippen MR) is 98.2 cm³/mol. The summed E-state index contributed by atoms with van der Waals surface area (Å²) in [5, 5.41) is 0.996. The Balaban J connectivity index is 0.000000136. The van der Waals surface area contributed by atoms with Crippen LogP contribution in [0.1, 0.15) is 11.6 Å². The van der Waals surface area contributed by atoms with E-state index in [0.29, 0.717) is 10.3 Å². The first-order valence-corrected chi connectivity index (χ1v) is 8.41. The van der Waals surface area contributed by atoms with Crippen molar-refractivity contribution in [2.24, 2.45) is 0 Å². The van der Waals surface area contributed by atoms with E-state index in [4.69, 9.17) is 23.2 Å². The highest BCUT2D eigenvalue weighted by molar-refractivity contribution is 14.1. The quantitative estimate of drug-likeness (QED) is 0.372. The van der Waals surface area contributed by atoms with Crippen molar-refractivity contribution >= 4 is 56.8 Å². The number of aromatic nitrogens is 6. The summed E-state index contributed by atoms with van der Waals surface area (Å²) in [6.45, 7) is 3.86. The zero-order valence-electron chi connectivity index (χ0n) is 12.2. The Morgan fingerprint density at radius 2 is 1.57 bits per heavy atom. The summed E-state index contributed by atoms with van der Waals surface area (Å²) in [7, 11) is 0. The van der Waals surface area contributed by atoms with Crippen LogP contribution in [-0.2, 0) is 0 Å². The van der Waals surface area contributed by atoms with Crippen LogP contribution in [0, 0.1) is 17.5 Å². The van der Waals surface area contributed by atoms with Crippen molar-refractivity contribution in [2.75, 3.05) is 0 Å². The molecule has 4 aromatic rings. The van der Waals surface area contributed by atoms with Crippen LogP contribution in [0.15, 0.2) is 31.0 Å². The van der Waals surface area contributed by atoms with E-state index in [2.05, 4.69) is 42.5 Å². The molecular formula is C14H11Cl2IN6. The monoisotopic (exact) mass is 460 g/mol. The molecule has 0 saturated carbocycles. The van der Waals surface area contributed by atoms with E-state index in [9.17, 15) is 0 Å². The van der Waals surface area contributed by atoms with Crippen LogP contribution in [0.2, 0.25) is 10.3 Å². The van der Waals surface area contributed by atoms with E-state index in [1.807, 2.05) is 35.0 Å². The molecule has 0 fully saturated rings. The molecule has 0 radical (unpaired) electrons. The van der Waals surface area contributed by atoms with Gasteiger partial charge < -0.3 is 0 Å². The van der Waals surface area contributed by atoms with Crippen LogP contribution in [0.5, 0.6) is 0 Å². The van der Waals surface area contributed by atoms with Gasteiger partial charge in [-0.05, 0) is 36.4 Å². The van der Waals surface area contributed by atoms with Gasteiger partial charge in [0.25, 0.3) is 0 Å². The first-order chi connectivity index (χ1) is 11.0. The summed E-state index contributed by atoms with van der Waals surface area (Å²) in [6, 6.07) is 0. The largest absolute Gasteiger partial charge is 0.300 e. The third-order valence-electron chi connectivity index (χ3n) is 3.24. The molecule has 0 aromatic carbocycles. The van der Waals surface area contributed by atoms with Crippen molar-refractivity contribution in [1.29, 1.82) is 0 Å². The number of hydrogen-bond donors (Lipinski definition) is 0. The van der Waals surface area contributed by atoms with Gasteiger partial charge in [0, 0.05) is 24.8 Å². The maximum atomic E-state index is 5.90. The smallest absolute Gasteiger partial charge is 0.155 e. The Bertz CT molecular complexity index is 994. The maximum absolute atomic E-state index is 5.90. The average molecular weight is 461 g/mol. The lowest BCUT2D eigenvalue weighted by Gasteiger charge is -1.95. The zero-order chi connectivity index (χ0) is 16.6.